The van der Waals surface area contributed by atoms with E-state index in [1.807, 2.05) is 0 Å². The normalized spacial score (nSPS) is 9.96. The molecule has 2 aromatic rings. The van der Waals surface area contributed by atoms with Gasteiger partial charge in [-0.25, -0.2) is 0 Å². The van der Waals surface area contributed by atoms with Gasteiger partial charge in [0.1, 0.15) is 0 Å². The van der Waals surface area contributed by atoms with E-state index in [-0.39, 0.29) is 17.7 Å². The molecule has 0 saturated carbocycles. The van der Waals surface area contributed by atoms with Gasteiger partial charge in [-0.15, -0.1) is 0 Å². The van der Waals surface area contributed by atoms with Gasteiger partial charge in [-0.3, -0.25) is 14.4 Å². The van der Waals surface area contributed by atoms with Gasteiger partial charge in [-0.2, -0.15) is 0 Å². The highest BCUT2D eigenvalue weighted by atomic mass is 16.2. The maximum absolute atomic E-state index is 12.2. The Morgan fingerprint density at radius 3 is 1.67 bits per heavy atom. The van der Waals surface area contributed by atoms with Crippen molar-refractivity contribution in [1.29, 1.82) is 0 Å². The minimum absolute atomic E-state index is 0.0959. The van der Waals surface area contributed by atoms with Crippen molar-refractivity contribution in [2.75, 3.05) is 24.7 Å². The van der Waals surface area contributed by atoms with Crippen LogP contribution >= 0.6 is 0 Å². The first-order valence-corrected chi connectivity index (χ1v) is 7.37. The van der Waals surface area contributed by atoms with Gasteiger partial charge in [0, 0.05) is 43.5 Å². The Morgan fingerprint density at radius 2 is 1.21 bits per heavy atom. The molecule has 0 aliphatic rings. The first-order valence-electron chi connectivity index (χ1n) is 7.37. The van der Waals surface area contributed by atoms with Crippen LogP contribution in [0.1, 0.15) is 27.6 Å². The van der Waals surface area contributed by atoms with Crippen molar-refractivity contribution >= 4 is 29.1 Å². The summed E-state index contributed by atoms with van der Waals surface area (Å²) in [6.45, 7) is 1.42. The summed E-state index contributed by atoms with van der Waals surface area (Å²) < 4.78 is 0. The van der Waals surface area contributed by atoms with E-state index in [0.717, 1.165) is 0 Å². The third-order valence-corrected chi connectivity index (χ3v) is 3.26. The smallest absolute Gasteiger partial charge is 0.255 e. The van der Waals surface area contributed by atoms with Crippen molar-refractivity contribution in [2.24, 2.45) is 0 Å². The van der Waals surface area contributed by atoms with E-state index in [0.29, 0.717) is 22.5 Å². The van der Waals surface area contributed by atoms with Crippen LogP contribution in [-0.2, 0) is 4.79 Å². The van der Waals surface area contributed by atoms with Crippen molar-refractivity contribution in [3.63, 3.8) is 0 Å². The lowest BCUT2D eigenvalue weighted by Gasteiger charge is -2.11. The number of carbonyl (C=O) groups is 3. The van der Waals surface area contributed by atoms with Crippen LogP contribution in [-0.4, -0.2) is 36.7 Å². The lowest BCUT2D eigenvalue weighted by molar-refractivity contribution is -0.114. The van der Waals surface area contributed by atoms with Crippen molar-refractivity contribution in [2.45, 2.75) is 6.92 Å². The van der Waals surface area contributed by atoms with Gasteiger partial charge < -0.3 is 15.5 Å². The quantitative estimate of drug-likeness (QED) is 0.907. The number of hydrogen-bond acceptors (Lipinski definition) is 3. The van der Waals surface area contributed by atoms with Crippen molar-refractivity contribution in [3.05, 3.63) is 59.7 Å². The predicted molar refractivity (Wildman–Crippen MR) is 93.2 cm³/mol. The first-order chi connectivity index (χ1) is 11.4. The van der Waals surface area contributed by atoms with Crippen LogP contribution in [0.25, 0.3) is 0 Å². The van der Waals surface area contributed by atoms with E-state index in [4.69, 9.17) is 0 Å². The third kappa shape index (κ3) is 4.42. The fourth-order valence-corrected chi connectivity index (χ4v) is 2.07. The second kappa shape index (κ2) is 7.41. The summed E-state index contributed by atoms with van der Waals surface area (Å²) in [4.78, 5) is 36.5. The Bertz CT molecular complexity index is 750. The van der Waals surface area contributed by atoms with Gasteiger partial charge >= 0.3 is 0 Å². The predicted octanol–water partition coefficient (Wildman–Crippen LogP) is 2.60. The highest BCUT2D eigenvalue weighted by molar-refractivity contribution is 6.05. The summed E-state index contributed by atoms with van der Waals surface area (Å²) in [5, 5.41) is 5.40. The molecule has 6 heteroatoms. The standard InChI is InChI=1S/C18H19N3O3/c1-12(22)19-15-8-4-13(5-9-15)17(23)20-16-10-6-14(7-11-16)18(24)21(2)3/h4-11H,1-3H3,(H,19,22)(H,20,23). The molecule has 0 spiro atoms. The van der Waals surface area contributed by atoms with Crippen LogP contribution in [0.3, 0.4) is 0 Å². The molecule has 0 aliphatic heterocycles. The molecular formula is C18H19N3O3. The van der Waals surface area contributed by atoms with Gasteiger partial charge in [-0.1, -0.05) is 0 Å². The number of carbonyl (C=O) groups excluding carboxylic acids is 3. The zero-order valence-electron chi connectivity index (χ0n) is 13.8. The maximum Gasteiger partial charge on any atom is 0.255 e. The summed E-state index contributed by atoms with van der Waals surface area (Å²) in [6.07, 6.45) is 0. The number of hydrogen-bond donors (Lipinski definition) is 2. The van der Waals surface area contributed by atoms with E-state index in [9.17, 15) is 14.4 Å². The third-order valence-electron chi connectivity index (χ3n) is 3.26. The van der Waals surface area contributed by atoms with Gasteiger partial charge in [0.25, 0.3) is 11.8 Å². The fourth-order valence-electron chi connectivity index (χ4n) is 2.07. The van der Waals surface area contributed by atoms with E-state index in [2.05, 4.69) is 10.6 Å². The number of anilines is 2. The summed E-state index contributed by atoms with van der Waals surface area (Å²) >= 11 is 0. The molecule has 24 heavy (non-hydrogen) atoms. The molecular weight excluding hydrogens is 306 g/mol. The van der Waals surface area contributed by atoms with Crippen LogP contribution in [0.4, 0.5) is 11.4 Å². The average Bonchev–Trinajstić information content (AvgIpc) is 2.55. The van der Waals surface area contributed by atoms with Crippen molar-refractivity contribution < 1.29 is 14.4 Å². The van der Waals surface area contributed by atoms with Crippen molar-refractivity contribution in [1.82, 2.24) is 4.90 Å². The first kappa shape index (κ1) is 17.2. The highest BCUT2D eigenvalue weighted by Gasteiger charge is 2.09. The summed E-state index contributed by atoms with van der Waals surface area (Å²) in [5.74, 6) is -0.530. The number of nitrogens with zero attached hydrogens (tertiary/aromatic N) is 1. The molecule has 0 aliphatic carbocycles. The lowest BCUT2D eigenvalue weighted by Crippen LogP contribution is -2.21. The van der Waals surface area contributed by atoms with E-state index in [1.54, 1.807) is 62.6 Å². The molecule has 2 N–H and O–H groups in total. The van der Waals surface area contributed by atoms with Crippen molar-refractivity contribution in [3.8, 4) is 0 Å². The maximum atomic E-state index is 12.2. The molecule has 0 heterocycles. The summed E-state index contributed by atoms with van der Waals surface area (Å²) in [5.41, 5.74) is 2.25. The van der Waals surface area contributed by atoms with Crippen LogP contribution in [0.15, 0.2) is 48.5 Å². The molecule has 0 radical (unpaired) electrons. The molecule has 2 rings (SSSR count). The molecule has 2 aromatic carbocycles. The number of benzene rings is 2. The van der Waals surface area contributed by atoms with E-state index >= 15 is 0 Å². The Labute approximate surface area is 140 Å². The molecule has 0 saturated heterocycles. The average molecular weight is 325 g/mol. The van der Waals surface area contributed by atoms with Gasteiger partial charge in [0.15, 0.2) is 0 Å². The van der Waals surface area contributed by atoms with Gasteiger partial charge in [-0.05, 0) is 48.5 Å². The molecule has 3 amide bonds. The van der Waals surface area contributed by atoms with E-state index < -0.39 is 0 Å². The van der Waals surface area contributed by atoms with E-state index in [1.165, 1.54) is 11.8 Å². The molecule has 124 valence electrons. The molecule has 0 atom stereocenters. The molecule has 0 bridgehead atoms. The summed E-state index contributed by atoms with van der Waals surface area (Å²) in [6, 6.07) is 13.3. The number of rotatable bonds is 4. The van der Waals surface area contributed by atoms with Crippen LogP contribution in [0.5, 0.6) is 0 Å². The Balaban J connectivity index is 2.04. The minimum atomic E-state index is -0.268. The Hall–Kier alpha value is -3.15. The SMILES string of the molecule is CC(=O)Nc1ccc(C(=O)Nc2ccc(C(=O)N(C)C)cc2)cc1. The number of amides is 3. The largest absolute Gasteiger partial charge is 0.345 e. The van der Waals surface area contributed by atoms with Crippen LogP contribution in [0.2, 0.25) is 0 Å². The highest BCUT2D eigenvalue weighted by Crippen LogP contribution is 2.14. The molecule has 6 nitrogen and oxygen atoms in total. The van der Waals surface area contributed by atoms with Gasteiger partial charge in [0.05, 0.1) is 0 Å². The number of nitrogens with one attached hydrogen (secondary N) is 2. The second-order valence-electron chi connectivity index (χ2n) is 5.49. The van der Waals surface area contributed by atoms with Crippen LogP contribution < -0.4 is 10.6 Å². The van der Waals surface area contributed by atoms with Gasteiger partial charge in [0.2, 0.25) is 5.91 Å². The lowest BCUT2D eigenvalue weighted by atomic mass is 10.1. The molecule has 0 unspecified atom stereocenters. The van der Waals surface area contributed by atoms with Crippen LogP contribution in [0, 0.1) is 0 Å². The monoisotopic (exact) mass is 325 g/mol. The fraction of sp³-hybridized carbons (Fsp3) is 0.167. The topological polar surface area (TPSA) is 78.5 Å². The summed E-state index contributed by atoms with van der Waals surface area (Å²) in [7, 11) is 3.37. The Kier molecular flexibility index (Phi) is 5.31. The zero-order valence-corrected chi connectivity index (χ0v) is 13.8. The minimum Gasteiger partial charge on any atom is -0.345 e. The zero-order chi connectivity index (χ0) is 17.7. The molecule has 0 fully saturated rings. The Morgan fingerprint density at radius 1 is 0.750 bits per heavy atom. The molecule has 0 aromatic heterocycles. The second-order valence-corrected chi connectivity index (χ2v) is 5.49.